The first-order chi connectivity index (χ1) is 8.97. The number of carbonyl (C=O) groups is 1. The summed E-state index contributed by atoms with van der Waals surface area (Å²) in [6.45, 7) is 1.41. The zero-order chi connectivity index (χ0) is 13.9. The highest BCUT2D eigenvalue weighted by Crippen LogP contribution is 2.20. The predicted octanol–water partition coefficient (Wildman–Crippen LogP) is 2.16. The number of sulfone groups is 1. The van der Waals surface area contributed by atoms with Gasteiger partial charge in [-0.05, 0) is 24.3 Å². The lowest BCUT2D eigenvalue weighted by Crippen LogP contribution is -2.13. The Morgan fingerprint density at radius 2 is 1.74 bits per heavy atom. The number of rotatable bonds is 4. The molecular weight excluding hydrogens is 262 g/mol. The summed E-state index contributed by atoms with van der Waals surface area (Å²) in [7, 11) is -3.30. The standard InChI is InChI=1S/C14H15NO3S/c1-11(16)15-13-6-8-14(9-7-13)19(17,18)10-12-4-2-3-5-12/h2-9,12H,10H2,1H3,(H,15,16). The van der Waals surface area contributed by atoms with Gasteiger partial charge in [0.05, 0.1) is 10.6 Å². The predicted molar refractivity (Wildman–Crippen MR) is 74.6 cm³/mol. The second kappa shape index (κ2) is 5.40. The van der Waals surface area contributed by atoms with Gasteiger partial charge in [0.2, 0.25) is 5.91 Å². The van der Waals surface area contributed by atoms with Gasteiger partial charge in [-0.2, -0.15) is 0 Å². The van der Waals surface area contributed by atoms with Crippen molar-refractivity contribution in [3.8, 4) is 0 Å². The third-order valence-electron chi connectivity index (χ3n) is 2.77. The van der Waals surface area contributed by atoms with E-state index in [4.69, 9.17) is 0 Å². The molecule has 0 heterocycles. The average molecular weight is 277 g/mol. The molecule has 0 radical (unpaired) electrons. The molecule has 5 heteroatoms. The van der Waals surface area contributed by atoms with E-state index in [-0.39, 0.29) is 22.5 Å². The number of amides is 1. The van der Waals surface area contributed by atoms with Gasteiger partial charge in [0, 0.05) is 18.5 Å². The lowest BCUT2D eigenvalue weighted by Gasteiger charge is -2.08. The van der Waals surface area contributed by atoms with Crippen molar-refractivity contribution in [3.05, 3.63) is 48.6 Å². The van der Waals surface area contributed by atoms with Gasteiger partial charge in [0.1, 0.15) is 0 Å². The third kappa shape index (κ3) is 3.54. The number of nitrogens with one attached hydrogen (secondary N) is 1. The Hall–Kier alpha value is -1.88. The van der Waals surface area contributed by atoms with Crippen molar-refractivity contribution in [1.82, 2.24) is 0 Å². The largest absolute Gasteiger partial charge is 0.326 e. The number of hydrogen-bond acceptors (Lipinski definition) is 3. The monoisotopic (exact) mass is 277 g/mol. The van der Waals surface area contributed by atoms with Crippen LogP contribution < -0.4 is 5.32 Å². The average Bonchev–Trinajstić information content (AvgIpc) is 2.81. The van der Waals surface area contributed by atoms with E-state index in [1.54, 1.807) is 12.1 Å². The molecule has 1 N–H and O–H groups in total. The van der Waals surface area contributed by atoms with E-state index in [0.717, 1.165) is 0 Å². The fourth-order valence-corrected chi connectivity index (χ4v) is 3.36. The molecule has 0 bridgehead atoms. The van der Waals surface area contributed by atoms with Crippen molar-refractivity contribution in [3.63, 3.8) is 0 Å². The number of anilines is 1. The first-order valence-corrected chi connectivity index (χ1v) is 7.58. The van der Waals surface area contributed by atoms with Gasteiger partial charge >= 0.3 is 0 Å². The zero-order valence-corrected chi connectivity index (χ0v) is 11.4. The lowest BCUT2D eigenvalue weighted by molar-refractivity contribution is -0.114. The minimum atomic E-state index is -3.30. The molecule has 0 saturated carbocycles. The maximum absolute atomic E-state index is 12.2. The van der Waals surface area contributed by atoms with Crippen molar-refractivity contribution in [2.75, 3.05) is 11.1 Å². The molecule has 2 rings (SSSR count). The van der Waals surface area contributed by atoms with Crippen LogP contribution in [0.4, 0.5) is 5.69 Å². The molecule has 0 atom stereocenters. The molecule has 1 aliphatic carbocycles. The molecule has 0 unspecified atom stereocenters. The third-order valence-corrected chi connectivity index (χ3v) is 4.59. The summed E-state index contributed by atoms with van der Waals surface area (Å²) < 4.78 is 24.3. The second-order valence-corrected chi connectivity index (χ2v) is 6.45. The minimum absolute atomic E-state index is 0.0555. The summed E-state index contributed by atoms with van der Waals surface area (Å²) in [5.74, 6) is -0.170. The van der Waals surface area contributed by atoms with Crippen molar-refractivity contribution < 1.29 is 13.2 Å². The Morgan fingerprint density at radius 3 is 2.26 bits per heavy atom. The summed E-state index contributed by atoms with van der Waals surface area (Å²) in [6, 6.07) is 6.22. The van der Waals surface area contributed by atoms with E-state index in [0.29, 0.717) is 5.69 Å². The van der Waals surface area contributed by atoms with Crippen LogP contribution in [-0.4, -0.2) is 20.1 Å². The summed E-state index contributed by atoms with van der Waals surface area (Å²) in [4.78, 5) is 11.2. The summed E-state index contributed by atoms with van der Waals surface area (Å²) in [5.41, 5.74) is 0.590. The van der Waals surface area contributed by atoms with Crippen LogP contribution in [-0.2, 0) is 14.6 Å². The fraction of sp³-hybridized carbons (Fsp3) is 0.214. The van der Waals surface area contributed by atoms with E-state index in [1.165, 1.54) is 19.1 Å². The van der Waals surface area contributed by atoms with Gasteiger partial charge in [0.15, 0.2) is 9.84 Å². The molecule has 1 aliphatic rings. The number of benzene rings is 1. The maximum Gasteiger partial charge on any atom is 0.221 e. The van der Waals surface area contributed by atoms with Crippen LogP contribution in [0.3, 0.4) is 0 Å². The SMILES string of the molecule is CC(=O)Nc1ccc(S(=O)(=O)CC2C=CC=C2)cc1. The van der Waals surface area contributed by atoms with Crippen molar-refractivity contribution in [1.29, 1.82) is 0 Å². The second-order valence-electron chi connectivity index (χ2n) is 4.42. The van der Waals surface area contributed by atoms with Gasteiger partial charge in [-0.1, -0.05) is 24.3 Å². The van der Waals surface area contributed by atoms with Gasteiger partial charge < -0.3 is 5.32 Å². The van der Waals surface area contributed by atoms with E-state index >= 15 is 0 Å². The highest BCUT2D eigenvalue weighted by atomic mass is 32.2. The minimum Gasteiger partial charge on any atom is -0.326 e. The molecular formula is C14H15NO3S. The summed E-state index contributed by atoms with van der Waals surface area (Å²) in [5, 5.41) is 2.60. The Kier molecular flexibility index (Phi) is 3.85. The van der Waals surface area contributed by atoms with Crippen LogP contribution in [0.15, 0.2) is 53.5 Å². The Balaban J connectivity index is 2.14. The van der Waals surface area contributed by atoms with E-state index < -0.39 is 9.84 Å². The Bertz CT molecular complexity index is 615. The topological polar surface area (TPSA) is 63.2 Å². The van der Waals surface area contributed by atoms with E-state index in [1.807, 2.05) is 24.3 Å². The van der Waals surface area contributed by atoms with Gasteiger partial charge in [-0.25, -0.2) is 8.42 Å². The quantitative estimate of drug-likeness (QED) is 0.917. The molecule has 0 aliphatic heterocycles. The molecule has 100 valence electrons. The normalized spacial score (nSPS) is 14.8. The molecule has 4 nitrogen and oxygen atoms in total. The Morgan fingerprint density at radius 1 is 1.16 bits per heavy atom. The van der Waals surface area contributed by atoms with Gasteiger partial charge in [-0.15, -0.1) is 0 Å². The van der Waals surface area contributed by atoms with Gasteiger partial charge in [0.25, 0.3) is 0 Å². The molecule has 1 aromatic carbocycles. The fourth-order valence-electron chi connectivity index (χ4n) is 1.89. The number of carbonyl (C=O) groups excluding carboxylic acids is 1. The van der Waals surface area contributed by atoms with E-state index in [9.17, 15) is 13.2 Å². The van der Waals surface area contributed by atoms with Crippen LogP contribution in [0.1, 0.15) is 6.92 Å². The summed E-state index contributed by atoms with van der Waals surface area (Å²) in [6.07, 6.45) is 7.42. The Labute approximate surface area is 112 Å². The molecule has 1 aromatic rings. The van der Waals surface area contributed by atoms with Crippen LogP contribution in [0.25, 0.3) is 0 Å². The van der Waals surface area contributed by atoms with Crippen molar-refractivity contribution in [2.45, 2.75) is 11.8 Å². The maximum atomic E-state index is 12.2. The molecule has 0 aromatic heterocycles. The molecule has 0 saturated heterocycles. The zero-order valence-electron chi connectivity index (χ0n) is 10.5. The smallest absolute Gasteiger partial charge is 0.221 e. The lowest BCUT2D eigenvalue weighted by atomic mass is 10.2. The molecule has 19 heavy (non-hydrogen) atoms. The molecule has 1 amide bonds. The van der Waals surface area contributed by atoms with Gasteiger partial charge in [-0.3, -0.25) is 4.79 Å². The first-order valence-electron chi connectivity index (χ1n) is 5.93. The number of hydrogen-bond donors (Lipinski definition) is 1. The van der Waals surface area contributed by atoms with Crippen LogP contribution in [0.2, 0.25) is 0 Å². The van der Waals surface area contributed by atoms with Crippen LogP contribution >= 0.6 is 0 Å². The highest BCUT2D eigenvalue weighted by Gasteiger charge is 2.19. The first kappa shape index (κ1) is 13.5. The van der Waals surface area contributed by atoms with Crippen molar-refractivity contribution in [2.24, 2.45) is 5.92 Å². The van der Waals surface area contributed by atoms with Crippen LogP contribution in [0, 0.1) is 5.92 Å². The molecule has 0 spiro atoms. The summed E-state index contributed by atoms with van der Waals surface area (Å²) >= 11 is 0. The van der Waals surface area contributed by atoms with Crippen LogP contribution in [0.5, 0.6) is 0 Å². The van der Waals surface area contributed by atoms with Crippen molar-refractivity contribution >= 4 is 21.4 Å². The molecule has 0 fully saturated rings. The van der Waals surface area contributed by atoms with E-state index in [2.05, 4.69) is 5.32 Å². The highest BCUT2D eigenvalue weighted by molar-refractivity contribution is 7.91. The number of allylic oxidation sites excluding steroid dienone is 4.